The van der Waals surface area contributed by atoms with Crippen molar-refractivity contribution >= 4 is 16.8 Å². The van der Waals surface area contributed by atoms with Gasteiger partial charge in [0.1, 0.15) is 13.2 Å². The fourth-order valence-corrected chi connectivity index (χ4v) is 3.35. The molecule has 1 aliphatic heterocycles. The lowest BCUT2D eigenvalue weighted by atomic mass is 10.1. The number of ether oxygens (including phenoxy) is 2. The van der Waals surface area contributed by atoms with Crippen LogP contribution in [0.3, 0.4) is 0 Å². The first kappa shape index (κ1) is 18.1. The van der Waals surface area contributed by atoms with E-state index in [2.05, 4.69) is 4.98 Å². The number of aryl methyl sites for hydroxylation is 1. The Labute approximate surface area is 162 Å². The molecule has 0 saturated heterocycles. The molecule has 0 atom stereocenters. The Hall–Kier alpha value is -3.28. The first-order valence-electron chi connectivity index (χ1n) is 9.33. The van der Waals surface area contributed by atoms with E-state index in [1.165, 1.54) is 0 Å². The summed E-state index contributed by atoms with van der Waals surface area (Å²) in [6.07, 6.45) is 0.667. The molecule has 1 N–H and O–H groups in total. The van der Waals surface area contributed by atoms with Gasteiger partial charge in [-0.15, -0.1) is 0 Å². The number of nitrogens with one attached hydrogen (secondary N) is 1. The number of benzene rings is 2. The van der Waals surface area contributed by atoms with E-state index in [0.29, 0.717) is 48.8 Å². The van der Waals surface area contributed by atoms with Gasteiger partial charge in [-0.3, -0.25) is 9.59 Å². The van der Waals surface area contributed by atoms with E-state index in [1.807, 2.05) is 42.5 Å². The molecule has 4 rings (SSSR count). The second-order valence-electron chi connectivity index (χ2n) is 6.94. The number of hydrogen-bond acceptors (Lipinski definition) is 4. The molecule has 6 nitrogen and oxygen atoms in total. The number of carbonyl (C=O) groups excluding carboxylic acids is 1. The van der Waals surface area contributed by atoms with Crippen LogP contribution in [0.5, 0.6) is 11.5 Å². The summed E-state index contributed by atoms with van der Waals surface area (Å²) < 4.78 is 11.2. The molecule has 144 valence electrons. The van der Waals surface area contributed by atoms with Gasteiger partial charge in [0.2, 0.25) is 5.91 Å². The van der Waals surface area contributed by atoms with Gasteiger partial charge in [0, 0.05) is 37.0 Å². The van der Waals surface area contributed by atoms with Crippen LogP contribution in [-0.2, 0) is 17.8 Å². The summed E-state index contributed by atoms with van der Waals surface area (Å²) in [5, 5.41) is 0.865. The molecule has 0 unspecified atom stereocenters. The van der Waals surface area contributed by atoms with Crippen LogP contribution in [0.15, 0.2) is 53.3 Å². The molecule has 1 aromatic heterocycles. The molecule has 2 heterocycles. The Kier molecular flexibility index (Phi) is 5.02. The smallest absolute Gasteiger partial charge is 0.251 e. The van der Waals surface area contributed by atoms with Gasteiger partial charge >= 0.3 is 0 Å². The lowest BCUT2D eigenvalue weighted by molar-refractivity contribution is -0.130. The number of pyridine rings is 1. The van der Waals surface area contributed by atoms with E-state index < -0.39 is 0 Å². The standard InChI is InChI=1S/C22H22N2O4/c1-24(14-15-5-3-2-4-6-15)21(25)8-7-16-11-17-12-19-20(28-10-9-27-19)13-18(17)23-22(16)26/h2-6,11-13H,7-10,14H2,1H3,(H,23,26). The zero-order chi connectivity index (χ0) is 19.5. The molecule has 1 aliphatic rings. The number of aromatic amines is 1. The van der Waals surface area contributed by atoms with Crippen molar-refractivity contribution in [3.05, 3.63) is 70.0 Å². The molecule has 28 heavy (non-hydrogen) atoms. The van der Waals surface area contributed by atoms with Gasteiger partial charge in [-0.1, -0.05) is 30.3 Å². The van der Waals surface area contributed by atoms with Crippen LogP contribution in [0, 0.1) is 0 Å². The maximum absolute atomic E-state index is 12.5. The van der Waals surface area contributed by atoms with E-state index in [9.17, 15) is 9.59 Å². The summed E-state index contributed by atoms with van der Waals surface area (Å²) in [7, 11) is 1.78. The SMILES string of the molecule is CN(Cc1ccccc1)C(=O)CCc1cc2cc3c(cc2[nH]c1=O)OCCO3. The first-order valence-corrected chi connectivity index (χ1v) is 9.33. The summed E-state index contributed by atoms with van der Waals surface area (Å²) in [6, 6.07) is 15.3. The highest BCUT2D eigenvalue weighted by molar-refractivity contribution is 5.83. The molecule has 0 spiro atoms. The van der Waals surface area contributed by atoms with Gasteiger partial charge in [-0.2, -0.15) is 0 Å². The molecular weight excluding hydrogens is 356 g/mol. The number of nitrogens with zero attached hydrogens (tertiary/aromatic N) is 1. The van der Waals surface area contributed by atoms with Crippen molar-refractivity contribution < 1.29 is 14.3 Å². The lowest BCUT2D eigenvalue weighted by Crippen LogP contribution is -2.27. The zero-order valence-electron chi connectivity index (χ0n) is 15.7. The number of rotatable bonds is 5. The van der Waals surface area contributed by atoms with E-state index in [1.54, 1.807) is 18.0 Å². The monoisotopic (exact) mass is 378 g/mol. The Bertz CT molecular complexity index is 1060. The average Bonchev–Trinajstić information content (AvgIpc) is 2.71. The molecule has 0 bridgehead atoms. The van der Waals surface area contributed by atoms with E-state index in [4.69, 9.17) is 9.47 Å². The van der Waals surface area contributed by atoms with Crippen LogP contribution in [0.1, 0.15) is 17.5 Å². The molecule has 0 fully saturated rings. The number of H-pyrrole nitrogens is 1. The number of aromatic nitrogens is 1. The highest BCUT2D eigenvalue weighted by atomic mass is 16.6. The highest BCUT2D eigenvalue weighted by Gasteiger charge is 2.15. The van der Waals surface area contributed by atoms with Gasteiger partial charge in [0.05, 0.1) is 5.52 Å². The Morgan fingerprint density at radius 1 is 1.07 bits per heavy atom. The molecular formula is C22H22N2O4. The van der Waals surface area contributed by atoms with Crippen LogP contribution >= 0.6 is 0 Å². The molecule has 0 aliphatic carbocycles. The molecule has 0 radical (unpaired) electrons. The van der Waals surface area contributed by atoms with Gasteiger partial charge in [-0.25, -0.2) is 0 Å². The maximum atomic E-state index is 12.5. The second-order valence-corrected chi connectivity index (χ2v) is 6.94. The number of hydrogen-bond donors (Lipinski definition) is 1. The van der Waals surface area contributed by atoms with Crippen LogP contribution in [0.25, 0.3) is 10.9 Å². The van der Waals surface area contributed by atoms with E-state index >= 15 is 0 Å². The van der Waals surface area contributed by atoms with Crippen LogP contribution in [0.2, 0.25) is 0 Å². The van der Waals surface area contributed by atoms with Gasteiger partial charge < -0.3 is 19.4 Å². The first-order chi connectivity index (χ1) is 13.6. The topological polar surface area (TPSA) is 71.6 Å². The number of fused-ring (bicyclic) bond motifs is 2. The number of amides is 1. The minimum absolute atomic E-state index is 0.00512. The molecule has 0 saturated carbocycles. The molecule has 6 heteroatoms. The van der Waals surface area contributed by atoms with E-state index in [0.717, 1.165) is 10.9 Å². The third kappa shape index (κ3) is 3.86. The summed E-state index contributed by atoms with van der Waals surface area (Å²) >= 11 is 0. The summed E-state index contributed by atoms with van der Waals surface area (Å²) in [6.45, 7) is 1.56. The van der Waals surface area contributed by atoms with Crippen LogP contribution < -0.4 is 15.0 Å². The quantitative estimate of drug-likeness (QED) is 0.741. The predicted molar refractivity (Wildman–Crippen MR) is 107 cm³/mol. The van der Waals surface area contributed by atoms with Crippen molar-refractivity contribution in [1.82, 2.24) is 9.88 Å². The van der Waals surface area contributed by atoms with Crippen molar-refractivity contribution in [2.75, 3.05) is 20.3 Å². The van der Waals surface area contributed by atoms with Gasteiger partial charge in [0.15, 0.2) is 11.5 Å². The van der Waals surface area contributed by atoms with Crippen molar-refractivity contribution in [1.29, 1.82) is 0 Å². The largest absolute Gasteiger partial charge is 0.486 e. The third-order valence-corrected chi connectivity index (χ3v) is 4.88. The maximum Gasteiger partial charge on any atom is 0.251 e. The summed E-state index contributed by atoms with van der Waals surface area (Å²) in [4.78, 5) is 29.5. The fourth-order valence-electron chi connectivity index (χ4n) is 3.35. The lowest BCUT2D eigenvalue weighted by Gasteiger charge is -2.19. The molecule has 1 amide bonds. The normalized spacial score (nSPS) is 12.8. The van der Waals surface area contributed by atoms with Gasteiger partial charge in [0.25, 0.3) is 5.56 Å². The zero-order valence-corrected chi connectivity index (χ0v) is 15.7. The Balaban J connectivity index is 1.47. The predicted octanol–water partition coefficient (Wildman–Crippen LogP) is 2.89. The van der Waals surface area contributed by atoms with E-state index in [-0.39, 0.29) is 17.9 Å². The number of carbonyl (C=O) groups is 1. The highest BCUT2D eigenvalue weighted by Crippen LogP contribution is 2.33. The van der Waals surface area contributed by atoms with Crippen molar-refractivity contribution in [2.45, 2.75) is 19.4 Å². The Morgan fingerprint density at radius 3 is 2.54 bits per heavy atom. The third-order valence-electron chi connectivity index (χ3n) is 4.88. The van der Waals surface area contributed by atoms with Gasteiger partial charge in [-0.05, 0) is 24.1 Å². The average molecular weight is 378 g/mol. The van der Waals surface area contributed by atoms with Crippen LogP contribution in [-0.4, -0.2) is 36.1 Å². The Morgan fingerprint density at radius 2 is 1.79 bits per heavy atom. The second kappa shape index (κ2) is 7.76. The minimum Gasteiger partial charge on any atom is -0.486 e. The fraction of sp³-hybridized carbons (Fsp3) is 0.273. The molecule has 2 aromatic carbocycles. The molecule has 3 aromatic rings. The minimum atomic E-state index is -0.178. The summed E-state index contributed by atoms with van der Waals surface area (Å²) in [5.41, 5.74) is 2.19. The van der Waals surface area contributed by atoms with Crippen LogP contribution in [0.4, 0.5) is 0 Å². The summed E-state index contributed by atoms with van der Waals surface area (Å²) in [5.74, 6) is 1.32. The van der Waals surface area contributed by atoms with Crippen molar-refractivity contribution in [3.8, 4) is 11.5 Å². The van der Waals surface area contributed by atoms with Crippen molar-refractivity contribution in [3.63, 3.8) is 0 Å². The van der Waals surface area contributed by atoms with Crippen molar-refractivity contribution in [2.24, 2.45) is 0 Å².